The van der Waals surface area contributed by atoms with E-state index in [9.17, 15) is 82.6 Å². The van der Waals surface area contributed by atoms with Gasteiger partial charge in [-0.15, -0.1) is 15.3 Å². The van der Waals surface area contributed by atoms with E-state index in [0.717, 1.165) is 0 Å². The summed E-state index contributed by atoms with van der Waals surface area (Å²) >= 11 is 0. The minimum atomic E-state index is -2.91. The van der Waals surface area contributed by atoms with Gasteiger partial charge < -0.3 is 143 Å². The molecule has 0 bridgehead atoms. The van der Waals surface area contributed by atoms with Crippen molar-refractivity contribution in [2.45, 2.75) is 201 Å². The molecule has 0 aromatic carbocycles. The first-order chi connectivity index (χ1) is 59.2. The maximum atomic E-state index is 13.8. The summed E-state index contributed by atoms with van der Waals surface area (Å²) in [5.41, 5.74) is -0.671. The molecule has 4 amide bonds. The second-order valence-corrected chi connectivity index (χ2v) is 38.5. The molecule has 0 radical (unpaired) electrons. The lowest BCUT2D eigenvalue weighted by Crippen LogP contribution is -2.59. The standard InChI is InChI=1S/C73H130N16O33S3/c1-72(2,3)122-59(94)45-112-37-35-110-34-36-111-44-58(93)80-73(46-113-22-10-55(90)77-16-28-107-31-19-87-41-49(81-84-87)7-25-116-69-66(101)63(98)60(95)52(119-69)13-38-123(4,74)104,47-114-23-11-56(91)78-17-29-108-32-20-88-42-50(82-85-88)8-26-117-70-67(102)64(99)61(96)53(120-70)14-39-124(5,75)105)48-115-24-12-57(92)79-18-30-109-33-21-89-43-51(83-86-89)9-27-118-71-68(103)65(100)62(97)54(121-71)15-40-125(6,76)106/h41-43,52-54,60-71,74-76,95-103H,7-40,44-48H2,1-6H3,(H,77,90)(H,78,91)(H,79,92)(H,80,93)/t52-,53-,54-,60-,61-,62-,63+,64+,65+,66+,67+,68+,69+,70+,71+,73?,123?,124?,125?/m1/s1. The number of esters is 1. The molecule has 125 heavy (non-hydrogen) atoms. The topological polar surface area (TPSA) is 678 Å². The van der Waals surface area contributed by atoms with Crippen LogP contribution in [0.15, 0.2) is 18.6 Å². The minimum Gasteiger partial charge on any atom is -0.458 e. The zero-order valence-electron chi connectivity index (χ0n) is 71.5. The molecular weight excluding hydrogens is 1730 g/mol. The number of nitrogens with one attached hydrogen (secondary N) is 7. The van der Waals surface area contributed by atoms with Crippen LogP contribution in [0.1, 0.15) is 76.4 Å². The molecule has 18 atom stereocenters. The van der Waals surface area contributed by atoms with E-state index in [1.54, 1.807) is 39.4 Å². The second kappa shape index (κ2) is 55.6. The van der Waals surface area contributed by atoms with E-state index in [1.165, 1.54) is 32.8 Å². The number of ether oxygens (including phenoxy) is 16. The third-order valence-corrected chi connectivity index (χ3v) is 21.8. The SMILES string of the molecule is CC(C)(C)OC(=O)COCCOCCOCC(=O)NC(COCCC(=O)NCCOCCn1cc(CCO[C@H]2O[C@H](CCS(C)(=N)=O)[C@@H](O)[C@H](O)[C@@H]2O)nn1)(COCCC(=O)NCCOCCn1cc(CCO[C@H]2O[C@H](CCS(C)(=N)=O)[C@@H](O)[C@H](O)[C@@H]2O)nn1)COCCC(=O)NCCOCCn1cc(CCO[C@H]2O[C@H](CCS(C)(=N)=O)[C@@H](O)[C@H](O)[C@@H]2O)nn1. The van der Waals surface area contributed by atoms with Crippen LogP contribution in [-0.2, 0) is 168 Å². The fraction of sp³-hybridized carbons (Fsp3) is 0.849. The van der Waals surface area contributed by atoms with Gasteiger partial charge in [0.2, 0.25) is 23.6 Å². The number of hydrogen-bond acceptors (Lipinski definition) is 42. The lowest BCUT2D eigenvalue weighted by atomic mass is 9.97. The van der Waals surface area contributed by atoms with Crippen LogP contribution >= 0.6 is 0 Å². The number of rotatable bonds is 65. The third kappa shape index (κ3) is 43.8. The van der Waals surface area contributed by atoms with Gasteiger partial charge in [0.1, 0.15) is 79.3 Å². The molecular formula is C73H130N16O33S3. The molecule has 6 heterocycles. The lowest BCUT2D eigenvalue weighted by Gasteiger charge is -2.40. The number of hydrogen-bond donors (Lipinski definition) is 16. The first-order valence-electron chi connectivity index (χ1n) is 41.0. The molecule has 3 aliphatic heterocycles. The Balaban J connectivity index is 0.969. The molecule has 3 aliphatic rings. The van der Waals surface area contributed by atoms with Gasteiger partial charge >= 0.3 is 5.97 Å². The van der Waals surface area contributed by atoms with Gasteiger partial charge in [-0.1, -0.05) is 15.6 Å². The number of carbonyl (C=O) groups excluding carboxylic acids is 5. The number of amides is 4. The number of nitrogens with zero attached hydrogens (tertiary/aromatic N) is 9. The summed E-state index contributed by atoms with van der Waals surface area (Å²) in [5.74, 6) is -2.71. The highest BCUT2D eigenvalue weighted by atomic mass is 32.2. The minimum absolute atomic E-state index is 0.00215. The third-order valence-electron chi connectivity index (χ3n) is 18.7. The summed E-state index contributed by atoms with van der Waals surface area (Å²) in [6, 6.07) is 0. The van der Waals surface area contributed by atoms with Crippen molar-refractivity contribution in [2.75, 3.05) is 194 Å². The molecule has 0 spiro atoms. The Morgan fingerprint density at radius 2 is 0.704 bits per heavy atom. The van der Waals surface area contributed by atoms with Crippen molar-refractivity contribution in [2.24, 2.45) is 0 Å². The average Bonchev–Trinajstić information content (AvgIpc) is 1.61. The van der Waals surface area contributed by atoms with Gasteiger partial charge in [0, 0.05) is 142 Å². The van der Waals surface area contributed by atoms with Gasteiger partial charge in [0.25, 0.3) is 0 Å². The van der Waals surface area contributed by atoms with Crippen molar-refractivity contribution < 1.29 is 158 Å². The molecule has 16 N–H and O–H groups in total. The van der Waals surface area contributed by atoms with Crippen molar-refractivity contribution in [1.82, 2.24) is 66.2 Å². The molecule has 49 nitrogen and oxygen atoms in total. The van der Waals surface area contributed by atoms with Crippen molar-refractivity contribution >= 4 is 58.8 Å². The van der Waals surface area contributed by atoms with Gasteiger partial charge in [-0.05, 0) is 40.0 Å². The Bertz CT molecular complexity index is 3640. The van der Waals surface area contributed by atoms with Gasteiger partial charge in [-0.3, -0.25) is 46.1 Å². The molecule has 52 heteroatoms. The van der Waals surface area contributed by atoms with Crippen LogP contribution in [0.25, 0.3) is 0 Å². The Kier molecular flexibility index (Phi) is 47.8. The summed E-state index contributed by atoms with van der Waals surface area (Å²) in [5, 5.41) is 129. The van der Waals surface area contributed by atoms with Crippen LogP contribution in [0.3, 0.4) is 0 Å². The highest BCUT2D eigenvalue weighted by Gasteiger charge is 2.47. The molecule has 0 saturated carbocycles. The smallest absolute Gasteiger partial charge is 0.332 e. The van der Waals surface area contributed by atoms with Crippen molar-refractivity contribution in [3.05, 3.63) is 35.7 Å². The molecule has 3 aromatic rings. The molecule has 3 unspecified atom stereocenters. The largest absolute Gasteiger partial charge is 0.458 e. The molecule has 718 valence electrons. The van der Waals surface area contributed by atoms with E-state index >= 15 is 0 Å². The monoisotopic (exact) mass is 1850 g/mol. The Labute approximate surface area is 726 Å². The van der Waals surface area contributed by atoms with Crippen LogP contribution in [-0.4, -0.2) is 431 Å². The van der Waals surface area contributed by atoms with Crippen LogP contribution in [0.4, 0.5) is 0 Å². The number of aromatic nitrogens is 9. The van der Waals surface area contributed by atoms with E-state index in [4.69, 9.17) is 90.1 Å². The van der Waals surface area contributed by atoms with Crippen LogP contribution < -0.4 is 21.3 Å². The first kappa shape index (κ1) is 107. The molecule has 6 rings (SSSR count). The molecule has 3 aromatic heterocycles. The zero-order chi connectivity index (χ0) is 91.6. The normalized spacial score (nSPS) is 24.9. The van der Waals surface area contributed by atoms with E-state index < -0.39 is 169 Å². The van der Waals surface area contributed by atoms with Gasteiger partial charge in [-0.2, -0.15) is 0 Å². The molecule has 3 saturated heterocycles. The van der Waals surface area contributed by atoms with Crippen molar-refractivity contribution in [3.8, 4) is 0 Å². The summed E-state index contributed by atoms with van der Waals surface area (Å²) in [6.07, 6.45) is -12.0. The first-order valence-corrected chi connectivity index (χ1v) is 47.4. The van der Waals surface area contributed by atoms with E-state index in [2.05, 4.69) is 52.2 Å². The zero-order valence-corrected chi connectivity index (χ0v) is 74.0. The van der Waals surface area contributed by atoms with E-state index in [1.807, 2.05) is 0 Å². The summed E-state index contributed by atoms with van der Waals surface area (Å²) < 4.78 is 154. The van der Waals surface area contributed by atoms with E-state index in [-0.39, 0.29) is 246 Å². The lowest BCUT2D eigenvalue weighted by molar-refractivity contribution is -0.296. The predicted molar refractivity (Wildman–Crippen MR) is 435 cm³/mol. The van der Waals surface area contributed by atoms with E-state index in [0.29, 0.717) is 17.1 Å². The second-order valence-electron chi connectivity index (χ2n) is 31.2. The van der Waals surface area contributed by atoms with Crippen LogP contribution in [0.2, 0.25) is 0 Å². The van der Waals surface area contributed by atoms with Crippen molar-refractivity contribution in [3.63, 3.8) is 0 Å². The van der Waals surface area contributed by atoms with Gasteiger partial charge in [0.05, 0.1) is 181 Å². The Morgan fingerprint density at radius 1 is 0.400 bits per heavy atom. The number of aliphatic hydroxyl groups excluding tert-OH is 9. The fourth-order valence-electron chi connectivity index (χ4n) is 12.2. The summed E-state index contributed by atoms with van der Waals surface area (Å²) in [4.78, 5) is 65.3. The highest BCUT2D eigenvalue weighted by Crippen LogP contribution is 2.28. The fourth-order valence-corrected chi connectivity index (χ4v) is 14.2. The van der Waals surface area contributed by atoms with Crippen LogP contribution in [0, 0.1) is 14.3 Å². The molecule has 3 fully saturated rings. The van der Waals surface area contributed by atoms with Gasteiger partial charge in [0.15, 0.2) is 18.9 Å². The van der Waals surface area contributed by atoms with Crippen LogP contribution in [0.5, 0.6) is 0 Å². The predicted octanol–water partition coefficient (Wildman–Crippen LogP) is -6.97. The van der Waals surface area contributed by atoms with Crippen molar-refractivity contribution in [1.29, 1.82) is 14.3 Å². The highest BCUT2D eigenvalue weighted by molar-refractivity contribution is 7.92. The molecule has 0 aliphatic carbocycles. The maximum absolute atomic E-state index is 13.8. The Morgan fingerprint density at radius 3 is 1.02 bits per heavy atom. The maximum Gasteiger partial charge on any atom is 0.332 e. The summed E-state index contributed by atoms with van der Waals surface area (Å²) in [6.45, 7) is 5.13. The quantitative estimate of drug-likeness (QED) is 0.0184. The number of aliphatic hydroxyl groups is 9. The average molecular weight is 1860 g/mol. The summed E-state index contributed by atoms with van der Waals surface area (Å²) in [7, 11) is -8.72. The van der Waals surface area contributed by atoms with Gasteiger partial charge in [-0.25, -0.2) is 18.8 Å². The Hall–Kier alpha value is -6.34. The number of carbonyl (C=O) groups is 5.